The fourth-order valence-electron chi connectivity index (χ4n) is 1.99. The molecule has 2 aromatic rings. The molecule has 1 heterocycles. The predicted molar refractivity (Wildman–Crippen MR) is 99.5 cm³/mol. The van der Waals surface area contributed by atoms with Gasteiger partial charge in [-0.05, 0) is 17.2 Å². The number of carbonyl (C=O) groups is 2. The van der Waals surface area contributed by atoms with Crippen LogP contribution in [-0.4, -0.2) is 49.4 Å². The van der Waals surface area contributed by atoms with Gasteiger partial charge in [0.05, 0.1) is 11.3 Å². The molecular formula is C16H17N3O5S2. The van der Waals surface area contributed by atoms with Gasteiger partial charge in [0, 0.05) is 20.2 Å². The zero-order valence-corrected chi connectivity index (χ0v) is 15.7. The van der Waals surface area contributed by atoms with E-state index >= 15 is 0 Å². The number of carboxylic acid groups (broad SMARTS) is 1. The summed E-state index contributed by atoms with van der Waals surface area (Å²) in [4.78, 5) is 27.7. The van der Waals surface area contributed by atoms with Crippen LogP contribution in [0.1, 0.15) is 21.6 Å². The number of carboxylic acids is 1. The summed E-state index contributed by atoms with van der Waals surface area (Å²) in [5, 5.41) is 8.97. The number of hydrogen-bond donors (Lipinski definition) is 2. The molecule has 0 saturated carbocycles. The molecular weight excluding hydrogens is 378 g/mol. The average Bonchev–Trinajstić information content (AvgIpc) is 3.00. The zero-order chi connectivity index (χ0) is 19.3. The van der Waals surface area contributed by atoms with Crippen LogP contribution in [0, 0.1) is 0 Å². The first kappa shape index (κ1) is 19.6. The van der Waals surface area contributed by atoms with Gasteiger partial charge in [0.1, 0.15) is 5.00 Å². The Kier molecular flexibility index (Phi) is 6.11. The maximum atomic E-state index is 12.4. The lowest BCUT2D eigenvalue weighted by Gasteiger charge is -2.10. The SMILES string of the molecule is CN(C)C(=O)/C=C/c1ccccc1CS(=O)(=O)Nc1scnc1C(=O)O. The van der Waals surface area contributed by atoms with Gasteiger partial charge in [-0.25, -0.2) is 18.2 Å². The number of sulfonamides is 1. The van der Waals surface area contributed by atoms with Gasteiger partial charge in [-0.1, -0.05) is 24.3 Å². The van der Waals surface area contributed by atoms with Crippen LogP contribution in [0.2, 0.25) is 0 Å². The highest BCUT2D eigenvalue weighted by molar-refractivity contribution is 7.92. The highest BCUT2D eigenvalue weighted by Gasteiger charge is 2.20. The Balaban J connectivity index is 2.23. The molecule has 10 heteroatoms. The van der Waals surface area contributed by atoms with E-state index in [1.807, 2.05) is 0 Å². The van der Waals surface area contributed by atoms with Gasteiger partial charge in [0.25, 0.3) is 0 Å². The summed E-state index contributed by atoms with van der Waals surface area (Å²) in [7, 11) is -0.637. The van der Waals surface area contributed by atoms with Crippen molar-refractivity contribution in [3.63, 3.8) is 0 Å². The van der Waals surface area contributed by atoms with Crippen molar-refractivity contribution in [1.29, 1.82) is 0 Å². The van der Waals surface area contributed by atoms with E-state index < -0.39 is 16.0 Å². The molecule has 0 saturated heterocycles. The largest absolute Gasteiger partial charge is 0.476 e. The molecule has 2 rings (SSSR count). The summed E-state index contributed by atoms with van der Waals surface area (Å²) < 4.78 is 27.1. The zero-order valence-electron chi connectivity index (χ0n) is 14.0. The quantitative estimate of drug-likeness (QED) is 0.692. The van der Waals surface area contributed by atoms with Gasteiger partial charge < -0.3 is 10.0 Å². The Morgan fingerprint density at radius 3 is 2.65 bits per heavy atom. The van der Waals surface area contributed by atoms with Gasteiger partial charge in [-0.15, -0.1) is 11.3 Å². The number of nitrogens with one attached hydrogen (secondary N) is 1. The molecule has 26 heavy (non-hydrogen) atoms. The number of anilines is 1. The van der Waals surface area contributed by atoms with E-state index in [9.17, 15) is 18.0 Å². The van der Waals surface area contributed by atoms with Crippen LogP contribution in [0.4, 0.5) is 5.00 Å². The molecule has 0 spiro atoms. The molecule has 8 nitrogen and oxygen atoms in total. The van der Waals surface area contributed by atoms with Crippen molar-refractivity contribution < 1.29 is 23.1 Å². The first-order valence-corrected chi connectivity index (χ1v) is 9.87. The first-order chi connectivity index (χ1) is 12.2. The molecule has 0 radical (unpaired) electrons. The Morgan fingerprint density at radius 2 is 2.00 bits per heavy atom. The van der Waals surface area contributed by atoms with Gasteiger partial charge in [0.15, 0.2) is 5.69 Å². The molecule has 0 unspecified atom stereocenters. The third kappa shape index (κ3) is 5.14. The second kappa shape index (κ2) is 8.11. The van der Waals surface area contributed by atoms with E-state index in [-0.39, 0.29) is 22.4 Å². The predicted octanol–water partition coefficient (Wildman–Crippen LogP) is 1.88. The fraction of sp³-hybridized carbons (Fsp3) is 0.188. The summed E-state index contributed by atoms with van der Waals surface area (Å²) >= 11 is 0.890. The van der Waals surface area contributed by atoms with Crippen molar-refractivity contribution in [3.05, 3.63) is 52.7 Å². The maximum Gasteiger partial charge on any atom is 0.357 e. The number of thiazole rings is 1. The van der Waals surface area contributed by atoms with Gasteiger partial charge in [-0.3, -0.25) is 9.52 Å². The van der Waals surface area contributed by atoms with E-state index in [0.29, 0.717) is 11.1 Å². The summed E-state index contributed by atoms with van der Waals surface area (Å²) in [6.45, 7) is 0. The van der Waals surface area contributed by atoms with E-state index in [1.54, 1.807) is 44.4 Å². The van der Waals surface area contributed by atoms with E-state index in [1.165, 1.54) is 16.5 Å². The lowest BCUT2D eigenvalue weighted by Crippen LogP contribution is -2.19. The summed E-state index contributed by atoms with van der Waals surface area (Å²) in [6, 6.07) is 6.74. The summed E-state index contributed by atoms with van der Waals surface area (Å²) in [5.74, 6) is -1.91. The minimum atomic E-state index is -3.86. The van der Waals surface area contributed by atoms with Crippen LogP contribution < -0.4 is 4.72 Å². The molecule has 0 aliphatic rings. The Morgan fingerprint density at radius 1 is 1.31 bits per heavy atom. The Hall–Kier alpha value is -2.72. The van der Waals surface area contributed by atoms with E-state index in [2.05, 4.69) is 9.71 Å². The van der Waals surface area contributed by atoms with Crippen molar-refractivity contribution >= 4 is 44.3 Å². The Labute approximate surface area is 154 Å². The molecule has 1 amide bonds. The first-order valence-electron chi connectivity index (χ1n) is 7.34. The van der Waals surface area contributed by atoms with Crippen molar-refractivity contribution in [3.8, 4) is 0 Å². The normalized spacial score (nSPS) is 11.5. The smallest absolute Gasteiger partial charge is 0.357 e. The average molecular weight is 395 g/mol. The van der Waals surface area contributed by atoms with Crippen LogP contribution >= 0.6 is 11.3 Å². The lowest BCUT2D eigenvalue weighted by atomic mass is 10.1. The molecule has 0 aliphatic carbocycles. The highest BCUT2D eigenvalue weighted by Crippen LogP contribution is 2.23. The summed E-state index contributed by atoms with van der Waals surface area (Å²) in [5.41, 5.74) is 1.97. The topological polar surface area (TPSA) is 117 Å². The maximum absolute atomic E-state index is 12.4. The van der Waals surface area contributed by atoms with Crippen LogP contribution in [-0.2, 0) is 20.6 Å². The second-order valence-electron chi connectivity index (χ2n) is 5.46. The van der Waals surface area contributed by atoms with Crippen molar-refractivity contribution in [2.45, 2.75) is 5.75 Å². The highest BCUT2D eigenvalue weighted by atomic mass is 32.2. The lowest BCUT2D eigenvalue weighted by molar-refractivity contribution is -0.123. The third-order valence-electron chi connectivity index (χ3n) is 3.27. The number of nitrogens with zero attached hydrogens (tertiary/aromatic N) is 2. The van der Waals surface area contributed by atoms with Gasteiger partial charge in [-0.2, -0.15) is 0 Å². The number of hydrogen-bond acceptors (Lipinski definition) is 6. The number of aromatic nitrogens is 1. The number of carbonyl (C=O) groups excluding carboxylic acids is 1. The minimum absolute atomic E-state index is 0.0479. The molecule has 1 aromatic carbocycles. The molecule has 138 valence electrons. The van der Waals surface area contributed by atoms with E-state index in [0.717, 1.165) is 11.3 Å². The monoisotopic (exact) mass is 395 g/mol. The molecule has 0 bridgehead atoms. The third-order valence-corrected chi connectivity index (χ3v) is 5.34. The molecule has 2 N–H and O–H groups in total. The van der Waals surface area contributed by atoms with Crippen molar-refractivity contribution in [2.24, 2.45) is 0 Å². The van der Waals surface area contributed by atoms with Crippen LogP contribution in [0.3, 0.4) is 0 Å². The number of amides is 1. The molecule has 0 fully saturated rings. The Bertz CT molecular complexity index is 948. The van der Waals surface area contributed by atoms with Crippen LogP contribution in [0.5, 0.6) is 0 Å². The standard InChI is InChI=1S/C16H17N3O5S2/c1-19(2)13(20)8-7-11-5-3-4-6-12(11)9-26(23,24)18-15-14(16(21)22)17-10-25-15/h3-8,10,18H,9H2,1-2H3,(H,21,22)/b8-7+. The number of rotatable bonds is 7. The molecule has 1 aromatic heterocycles. The fourth-order valence-corrected chi connectivity index (χ4v) is 4.20. The van der Waals surface area contributed by atoms with Crippen molar-refractivity contribution in [1.82, 2.24) is 9.88 Å². The van der Waals surface area contributed by atoms with Crippen LogP contribution in [0.15, 0.2) is 35.9 Å². The van der Waals surface area contributed by atoms with Gasteiger partial charge in [0.2, 0.25) is 15.9 Å². The minimum Gasteiger partial charge on any atom is -0.476 e. The second-order valence-corrected chi connectivity index (χ2v) is 8.04. The van der Waals surface area contributed by atoms with Gasteiger partial charge >= 0.3 is 5.97 Å². The number of likely N-dealkylation sites (N-methyl/N-ethyl adjacent to an activating group) is 1. The van der Waals surface area contributed by atoms with Crippen molar-refractivity contribution in [2.75, 3.05) is 18.8 Å². The summed E-state index contributed by atoms with van der Waals surface area (Å²) in [6.07, 6.45) is 2.90. The molecule has 0 aliphatic heterocycles. The van der Waals surface area contributed by atoms with E-state index in [4.69, 9.17) is 5.11 Å². The number of aromatic carboxylic acids is 1. The van der Waals surface area contributed by atoms with Crippen LogP contribution in [0.25, 0.3) is 6.08 Å². The molecule has 0 atom stereocenters. The number of benzene rings is 1.